The second-order valence-corrected chi connectivity index (χ2v) is 11.1. The maximum Gasteiger partial charge on any atom is 0.291 e. The molecule has 154 valence electrons. The number of amides is 1. The van der Waals surface area contributed by atoms with Crippen molar-refractivity contribution in [1.82, 2.24) is 4.90 Å². The SMILES string of the molecule is O=C1c2oc3ccc(Cl)cc3c(=O)c2C(c2cccc(Br)c2)N1C1CCS(=O)(=O)C1. The highest BCUT2D eigenvalue weighted by Crippen LogP contribution is 2.42. The van der Waals surface area contributed by atoms with Gasteiger partial charge in [-0.3, -0.25) is 9.59 Å². The number of carbonyl (C=O) groups excluding carboxylic acids is 1. The standard InChI is InChI=1S/C21H15BrClNO5S/c22-12-3-1-2-11(8-12)18-17-19(25)15-9-13(23)4-5-16(15)29-20(17)21(26)24(18)14-6-7-30(27,28)10-14/h1-5,8-9,14,18H,6-7,10H2. The van der Waals surface area contributed by atoms with Gasteiger partial charge in [0, 0.05) is 15.5 Å². The zero-order valence-electron chi connectivity index (χ0n) is 15.5. The van der Waals surface area contributed by atoms with Crippen LogP contribution in [0.1, 0.15) is 34.1 Å². The maximum atomic E-state index is 13.4. The molecule has 0 radical (unpaired) electrons. The van der Waals surface area contributed by atoms with Crippen LogP contribution in [0.3, 0.4) is 0 Å². The minimum absolute atomic E-state index is 0.0158. The monoisotopic (exact) mass is 507 g/mol. The van der Waals surface area contributed by atoms with Crippen LogP contribution < -0.4 is 5.43 Å². The Bertz CT molecular complexity index is 1380. The van der Waals surface area contributed by atoms with Crippen molar-refractivity contribution in [3.63, 3.8) is 0 Å². The van der Waals surface area contributed by atoms with Crippen molar-refractivity contribution in [2.75, 3.05) is 11.5 Å². The maximum absolute atomic E-state index is 13.4. The summed E-state index contributed by atoms with van der Waals surface area (Å²) in [5.74, 6) is -0.617. The summed E-state index contributed by atoms with van der Waals surface area (Å²) in [5, 5.41) is 0.673. The first-order valence-electron chi connectivity index (χ1n) is 9.30. The number of hydrogen-bond donors (Lipinski definition) is 0. The normalized spacial score (nSPS) is 22.6. The number of hydrogen-bond acceptors (Lipinski definition) is 5. The van der Waals surface area contributed by atoms with Crippen molar-refractivity contribution < 1.29 is 17.6 Å². The summed E-state index contributed by atoms with van der Waals surface area (Å²) in [4.78, 5) is 28.3. The van der Waals surface area contributed by atoms with E-state index in [2.05, 4.69) is 15.9 Å². The molecule has 0 saturated carbocycles. The Labute approximate surface area is 185 Å². The smallest absolute Gasteiger partial charge is 0.291 e. The predicted molar refractivity (Wildman–Crippen MR) is 117 cm³/mol. The van der Waals surface area contributed by atoms with Gasteiger partial charge in [0.2, 0.25) is 5.76 Å². The summed E-state index contributed by atoms with van der Waals surface area (Å²) in [6.07, 6.45) is 0.325. The molecule has 3 heterocycles. The van der Waals surface area contributed by atoms with E-state index >= 15 is 0 Å². The number of halogens is 2. The Kier molecular flexibility index (Phi) is 4.57. The number of sulfone groups is 1. The fraction of sp³-hybridized carbons (Fsp3) is 0.238. The lowest BCUT2D eigenvalue weighted by Gasteiger charge is -2.30. The molecule has 30 heavy (non-hydrogen) atoms. The third-order valence-electron chi connectivity index (χ3n) is 5.63. The van der Waals surface area contributed by atoms with E-state index in [1.807, 2.05) is 24.3 Å². The van der Waals surface area contributed by atoms with Crippen molar-refractivity contribution in [2.45, 2.75) is 18.5 Å². The molecule has 0 spiro atoms. The van der Waals surface area contributed by atoms with E-state index in [4.69, 9.17) is 16.0 Å². The van der Waals surface area contributed by atoms with E-state index in [0.717, 1.165) is 4.47 Å². The molecule has 2 unspecified atom stereocenters. The molecule has 0 aliphatic carbocycles. The molecule has 0 N–H and O–H groups in total. The average molecular weight is 509 g/mol. The van der Waals surface area contributed by atoms with E-state index in [-0.39, 0.29) is 39.2 Å². The highest BCUT2D eigenvalue weighted by atomic mass is 79.9. The summed E-state index contributed by atoms with van der Waals surface area (Å²) in [6, 6.07) is 10.7. The summed E-state index contributed by atoms with van der Waals surface area (Å²) in [7, 11) is -3.24. The third kappa shape index (κ3) is 3.09. The van der Waals surface area contributed by atoms with E-state index in [9.17, 15) is 18.0 Å². The highest BCUT2D eigenvalue weighted by Gasteiger charge is 2.48. The average Bonchev–Trinajstić information content (AvgIpc) is 3.19. The fourth-order valence-corrected chi connectivity index (χ4v) is 6.64. The van der Waals surface area contributed by atoms with Crippen LogP contribution in [0.4, 0.5) is 0 Å². The van der Waals surface area contributed by atoms with Crippen LogP contribution in [0.25, 0.3) is 11.0 Å². The molecule has 5 rings (SSSR count). The Morgan fingerprint density at radius 1 is 1.13 bits per heavy atom. The van der Waals surface area contributed by atoms with Gasteiger partial charge in [-0.25, -0.2) is 8.42 Å². The lowest BCUT2D eigenvalue weighted by molar-refractivity contribution is 0.0662. The molecule has 0 bridgehead atoms. The van der Waals surface area contributed by atoms with Gasteiger partial charge >= 0.3 is 0 Å². The summed E-state index contributed by atoms with van der Waals surface area (Å²) in [5.41, 5.74) is 0.854. The topological polar surface area (TPSA) is 84.7 Å². The van der Waals surface area contributed by atoms with Gasteiger partial charge in [-0.05, 0) is 42.3 Å². The molecular formula is C21H15BrClNO5S. The van der Waals surface area contributed by atoms with Crippen molar-refractivity contribution >= 4 is 54.2 Å². The van der Waals surface area contributed by atoms with Crippen molar-refractivity contribution in [2.24, 2.45) is 0 Å². The third-order valence-corrected chi connectivity index (χ3v) is 8.11. The second-order valence-electron chi connectivity index (χ2n) is 7.54. The molecule has 1 aromatic heterocycles. The molecular weight excluding hydrogens is 494 g/mol. The molecule has 2 aromatic carbocycles. The van der Waals surface area contributed by atoms with E-state index in [0.29, 0.717) is 17.0 Å². The van der Waals surface area contributed by atoms with Gasteiger partial charge in [-0.2, -0.15) is 0 Å². The molecule has 3 aromatic rings. The predicted octanol–water partition coefficient (Wildman–Crippen LogP) is 3.94. The molecule has 9 heteroatoms. The minimum Gasteiger partial charge on any atom is -0.450 e. The number of rotatable bonds is 2. The van der Waals surface area contributed by atoms with Gasteiger partial charge in [-0.15, -0.1) is 0 Å². The first-order chi connectivity index (χ1) is 14.2. The van der Waals surface area contributed by atoms with Gasteiger partial charge in [0.1, 0.15) is 5.58 Å². The van der Waals surface area contributed by atoms with Crippen molar-refractivity contribution in [3.05, 3.63) is 79.1 Å². The first-order valence-corrected chi connectivity index (χ1v) is 12.3. The fourth-order valence-electron chi connectivity index (χ4n) is 4.34. The lowest BCUT2D eigenvalue weighted by Crippen LogP contribution is -2.40. The Morgan fingerprint density at radius 3 is 2.63 bits per heavy atom. The molecule has 1 saturated heterocycles. The largest absolute Gasteiger partial charge is 0.450 e. The van der Waals surface area contributed by atoms with Gasteiger partial charge in [0.05, 0.1) is 28.5 Å². The molecule has 2 atom stereocenters. The zero-order valence-corrected chi connectivity index (χ0v) is 18.6. The summed E-state index contributed by atoms with van der Waals surface area (Å²) in [6.45, 7) is 0. The summed E-state index contributed by atoms with van der Waals surface area (Å²) >= 11 is 9.51. The number of carbonyl (C=O) groups is 1. The van der Waals surface area contributed by atoms with Crippen LogP contribution in [0.2, 0.25) is 5.02 Å². The molecule has 6 nitrogen and oxygen atoms in total. The molecule has 1 fully saturated rings. The molecule has 2 aliphatic heterocycles. The number of nitrogens with zero attached hydrogens (tertiary/aromatic N) is 1. The van der Waals surface area contributed by atoms with E-state index < -0.39 is 27.8 Å². The van der Waals surface area contributed by atoms with Gasteiger partial charge in [0.25, 0.3) is 5.91 Å². The van der Waals surface area contributed by atoms with Gasteiger partial charge in [-0.1, -0.05) is 39.7 Å². The molecule has 2 aliphatic rings. The highest BCUT2D eigenvalue weighted by molar-refractivity contribution is 9.10. The molecule has 1 amide bonds. The summed E-state index contributed by atoms with van der Waals surface area (Å²) < 4.78 is 30.9. The Hall–Kier alpha value is -2.16. The minimum atomic E-state index is -3.24. The van der Waals surface area contributed by atoms with Crippen LogP contribution in [-0.4, -0.2) is 36.8 Å². The zero-order chi connectivity index (χ0) is 21.2. The van der Waals surface area contributed by atoms with Gasteiger partial charge < -0.3 is 9.32 Å². The number of benzene rings is 2. The lowest BCUT2D eigenvalue weighted by atomic mass is 9.97. The van der Waals surface area contributed by atoms with Crippen LogP contribution in [0.5, 0.6) is 0 Å². The van der Waals surface area contributed by atoms with Gasteiger partial charge in [0.15, 0.2) is 15.3 Å². The van der Waals surface area contributed by atoms with Crippen LogP contribution in [0.15, 0.2) is 56.1 Å². The van der Waals surface area contributed by atoms with Crippen LogP contribution in [0, 0.1) is 0 Å². The van der Waals surface area contributed by atoms with Crippen LogP contribution in [-0.2, 0) is 9.84 Å². The second kappa shape index (κ2) is 6.93. The van der Waals surface area contributed by atoms with Crippen molar-refractivity contribution in [3.8, 4) is 0 Å². The number of fused-ring (bicyclic) bond motifs is 2. The Morgan fingerprint density at radius 2 is 1.93 bits per heavy atom. The van der Waals surface area contributed by atoms with E-state index in [1.54, 1.807) is 12.1 Å². The van der Waals surface area contributed by atoms with Crippen LogP contribution >= 0.6 is 27.5 Å². The quantitative estimate of drug-likeness (QED) is 0.523. The van der Waals surface area contributed by atoms with E-state index in [1.165, 1.54) is 11.0 Å². The first kappa shape index (κ1) is 19.8. The van der Waals surface area contributed by atoms with Crippen molar-refractivity contribution in [1.29, 1.82) is 0 Å². The Balaban J connectivity index is 1.78.